The highest BCUT2D eigenvalue weighted by atomic mass is 19.1. The number of aliphatic imine (C=N–C) groups is 1. The van der Waals surface area contributed by atoms with Crippen molar-refractivity contribution in [1.29, 1.82) is 0 Å². The van der Waals surface area contributed by atoms with Crippen molar-refractivity contribution >= 4 is 28.4 Å². The second-order valence-electron chi connectivity index (χ2n) is 9.30. The highest BCUT2D eigenvalue weighted by Gasteiger charge is 2.28. The number of nitrogens with zero attached hydrogens (tertiary/aromatic N) is 4. The van der Waals surface area contributed by atoms with E-state index in [0.29, 0.717) is 42.4 Å². The van der Waals surface area contributed by atoms with E-state index >= 15 is 0 Å². The molecule has 1 N–H and O–H groups in total. The molecule has 0 amide bonds. The van der Waals surface area contributed by atoms with Crippen LogP contribution in [0.15, 0.2) is 41.5 Å². The van der Waals surface area contributed by atoms with Crippen LogP contribution in [0.3, 0.4) is 0 Å². The van der Waals surface area contributed by atoms with E-state index < -0.39 is 11.6 Å². The van der Waals surface area contributed by atoms with Gasteiger partial charge in [0.1, 0.15) is 24.1 Å². The summed E-state index contributed by atoms with van der Waals surface area (Å²) in [5.41, 5.74) is 3.06. The number of anilines is 2. The Morgan fingerprint density at radius 3 is 2.47 bits per heavy atom. The van der Waals surface area contributed by atoms with Crippen LogP contribution >= 0.6 is 0 Å². The third kappa shape index (κ3) is 4.65. The Bertz CT molecular complexity index is 1240. The summed E-state index contributed by atoms with van der Waals surface area (Å²) in [7, 11) is 0. The third-order valence-electron chi connectivity index (χ3n) is 5.93. The van der Waals surface area contributed by atoms with Crippen molar-refractivity contribution in [3.63, 3.8) is 0 Å². The summed E-state index contributed by atoms with van der Waals surface area (Å²) in [4.78, 5) is 16.5. The Labute approximate surface area is 196 Å². The van der Waals surface area contributed by atoms with Crippen LogP contribution in [0.5, 0.6) is 0 Å². The summed E-state index contributed by atoms with van der Waals surface area (Å²) < 4.78 is 38.9. The van der Waals surface area contributed by atoms with Crippen molar-refractivity contribution in [2.75, 3.05) is 43.1 Å². The zero-order valence-electron chi connectivity index (χ0n) is 19.4. The lowest BCUT2D eigenvalue weighted by atomic mass is 10.0. The normalized spacial score (nSPS) is 18.5. The van der Waals surface area contributed by atoms with E-state index in [0.717, 1.165) is 36.1 Å². The third-order valence-corrected chi connectivity index (χ3v) is 5.93. The molecule has 2 aliphatic heterocycles. The number of fused-ring (bicyclic) bond motifs is 1. The molecule has 178 valence electrons. The highest BCUT2D eigenvalue weighted by molar-refractivity contribution is 5.99. The number of rotatable bonds is 5. The number of halogens is 2. The van der Waals surface area contributed by atoms with Crippen LogP contribution in [0, 0.1) is 11.6 Å². The number of hydrogen-bond donors (Lipinski definition) is 1. The molecule has 1 atom stereocenters. The molecule has 34 heavy (non-hydrogen) atoms. The summed E-state index contributed by atoms with van der Waals surface area (Å²) in [5.74, 6) is 0.0397. The van der Waals surface area contributed by atoms with Crippen LogP contribution in [0.25, 0.3) is 11.0 Å². The molecule has 2 aromatic carbocycles. The number of morpholine rings is 1. The number of nitrogens with one attached hydrogen (secondary N) is 1. The van der Waals surface area contributed by atoms with Crippen LogP contribution in [-0.4, -0.2) is 54.3 Å². The fourth-order valence-electron chi connectivity index (χ4n) is 4.23. The van der Waals surface area contributed by atoms with Gasteiger partial charge in [-0.15, -0.1) is 0 Å². The Balaban J connectivity index is 1.59. The van der Waals surface area contributed by atoms with Gasteiger partial charge < -0.3 is 19.7 Å². The van der Waals surface area contributed by atoms with Gasteiger partial charge in [0.05, 0.1) is 42.0 Å². The van der Waals surface area contributed by atoms with Crippen molar-refractivity contribution in [2.24, 2.45) is 4.99 Å². The van der Waals surface area contributed by atoms with Crippen LogP contribution in [0.4, 0.5) is 20.3 Å². The minimum Gasteiger partial charge on any atom is -0.475 e. The van der Waals surface area contributed by atoms with Crippen molar-refractivity contribution in [1.82, 2.24) is 9.97 Å². The van der Waals surface area contributed by atoms with E-state index in [4.69, 9.17) is 24.4 Å². The molecule has 2 aliphatic rings. The molecule has 5 rings (SSSR count). The minimum atomic E-state index is -0.640. The van der Waals surface area contributed by atoms with Gasteiger partial charge in [0.2, 0.25) is 5.90 Å². The first kappa shape index (κ1) is 22.5. The number of benzene rings is 2. The zero-order valence-corrected chi connectivity index (χ0v) is 19.4. The van der Waals surface area contributed by atoms with E-state index in [9.17, 15) is 8.78 Å². The lowest BCUT2D eigenvalue weighted by molar-refractivity contribution is 0.122. The van der Waals surface area contributed by atoms with Crippen molar-refractivity contribution in [2.45, 2.75) is 32.4 Å². The van der Waals surface area contributed by atoms with Gasteiger partial charge in [0, 0.05) is 36.0 Å². The Morgan fingerprint density at radius 2 is 1.79 bits per heavy atom. The first-order valence-electron chi connectivity index (χ1n) is 11.4. The van der Waals surface area contributed by atoms with Gasteiger partial charge in [0.15, 0.2) is 0 Å². The van der Waals surface area contributed by atoms with E-state index in [1.165, 1.54) is 12.1 Å². The Hall–Kier alpha value is -3.33. The maximum Gasteiger partial charge on any atom is 0.216 e. The molecule has 1 unspecified atom stereocenters. The highest BCUT2D eigenvalue weighted by Crippen LogP contribution is 2.31. The Kier molecular flexibility index (Phi) is 5.81. The van der Waals surface area contributed by atoms with Crippen LogP contribution < -0.4 is 10.2 Å². The maximum atomic E-state index is 13.8. The van der Waals surface area contributed by atoms with E-state index in [1.807, 2.05) is 32.9 Å². The second-order valence-corrected chi connectivity index (χ2v) is 9.30. The summed E-state index contributed by atoms with van der Waals surface area (Å²) in [6.07, 6.45) is 1.77. The minimum absolute atomic E-state index is 0.306. The predicted octanol–water partition coefficient (Wildman–Crippen LogP) is 4.47. The average molecular weight is 468 g/mol. The molecule has 1 saturated heterocycles. The maximum absolute atomic E-state index is 13.8. The van der Waals surface area contributed by atoms with Gasteiger partial charge in [-0.05, 0) is 45.0 Å². The lowest BCUT2D eigenvalue weighted by Crippen LogP contribution is -2.36. The fraction of sp³-hybridized carbons (Fsp3) is 0.400. The molecule has 1 aromatic heterocycles. The first-order valence-corrected chi connectivity index (χ1v) is 11.4. The second kappa shape index (κ2) is 8.79. The van der Waals surface area contributed by atoms with E-state index in [-0.39, 0.29) is 11.6 Å². The first-order chi connectivity index (χ1) is 16.3. The molecule has 9 heteroatoms. The van der Waals surface area contributed by atoms with Gasteiger partial charge in [-0.25, -0.2) is 18.8 Å². The Morgan fingerprint density at radius 1 is 1.06 bits per heavy atom. The van der Waals surface area contributed by atoms with Crippen molar-refractivity contribution in [3.05, 3.63) is 59.3 Å². The largest absolute Gasteiger partial charge is 0.475 e. The summed E-state index contributed by atoms with van der Waals surface area (Å²) >= 11 is 0. The monoisotopic (exact) mass is 467 g/mol. The van der Waals surface area contributed by atoms with Gasteiger partial charge in [0.25, 0.3) is 0 Å². The van der Waals surface area contributed by atoms with Crippen LogP contribution in [-0.2, 0) is 9.47 Å². The number of aromatic nitrogens is 2. The van der Waals surface area contributed by atoms with Gasteiger partial charge in [-0.2, -0.15) is 0 Å². The van der Waals surface area contributed by atoms with E-state index in [2.05, 4.69) is 10.2 Å². The smallest absolute Gasteiger partial charge is 0.216 e. The molecule has 0 saturated carbocycles. The molecule has 7 nitrogen and oxygen atoms in total. The molecule has 0 bridgehead atoms. The van der Waals surface area contributed by atoms with E-state index in [1.54, 1.807) is 6.20 Å². The molecule has 0 spiro atoms. The SMILES string of the molecule is CC(Nc1cc(F)cc(F)c1)c1cc(C2=NC(C)(C)CO2)cc2ncc(N3CCOCC3)nc12. The molecule has 3 heterocycles. The topological polar surface area (TPSA) is 71.9 Å². The lowest BCUT2D eigenvalue weighted by Gasteiger charge is -2.28. The molecule has 0 aliphatic carbocycles. The average Bonchev–Trinajstić information content (AvgIpc) is 3.17. The molecule has 1 fully saturated rings. The fourth-order valence-corrected chi connectivity index (χ4v) is 4.23. The zero-order chi connectivity index (χ0) is 23.9. The quantitative estimate of drug-likeness (QED) is 0.597. The van der Waals surface area contributed by atoms with Crippen molar-refractivity contribution < 1.29 is 18.3 Å². The standard InChI is InChI=1S/C25H27F2N5O2/c1-15(29-19-11-17(26)10-18(27)12-19)20-8-16(24-31-25(2,3)14-34-24)9-21-23(20)30-22(13-28-21)32-4-6-33-7-5-32/h8-13,15,29H,4-7,14H2,1-3H3. The number of ether oxygens (including phenoxy) is 2. The summed E-state index contributed by atoms with van der Waals surface area (Å²) in [5, 5.41) is 3.20. The predicted molar refractivity (Wildman–Crippen MR) is 128 cm³/mol. The molecule has 3 aromatic rings. The van der Waals surface area contributed by atoms with Crippen LogP contribution in [0.1, 0.15) is 37.9 Å². The summed E-state index contributed by atoms with van der Waals surface area (Å²) in [6, 6.07) is 6.94. The molecular formula is C25H27F2N5O2. The van der Waals surface area contributed by atoms with Gasteiger partial charge >= 0.3 is 0 Å². The summed E-state index contributed by atoms with van der Waals surface area (Å²) in [6.45, 7) is 9.20. The number of hydrogen-bond acceptors (Lipinski definition) is 7. The van der Waals surface area contributed by atoms with Gasteiger partial charge in [-0.1, -0.05) is 0 Å². The van der Waals surface area contributed by atoms with Crippen molar-refractivity contribution in [3.8, 4) is 0 Å². The van der Waals surface area contributed by atoms with Gasteiger partial charge in [-0.3, -0.25) is 4.98 Å². The molecule has 0 radical (unpaired) electrons. The van der Waals surface area contributed by atoms with Crippen LogP contribution in [0.2, 0.25) is 0 Å². The molecular weight excluding hydrogens is 440 g/mol.